The summed E-state index contributed by atoms with van der Waals surface area (Å²) in [5.74, 6) is 0.888. The highest BCUT2D eigenvalue weighted by Gasteiger charge is 2.14. The molecule has 1 saturated heterocycles. The van der Waals surface area contributed by atoms with Crippen LogP contribution in [0.5, 0.6) is 5.75 Å². The predicted octanol–water partition coefficient (Wildman–Crippen LogP) is 0.838. The second-order valence-corrected chi connectivity index (χ2v) is 4.27. The van der Waals surface area contributed by atoms with Gasteiger partial charge in [0.15, 0.2) is 0 Å². The van der Waals surface area contributed by atoms with Gasteiger partial charge in [0.05, 0.1) is 12.8 Å². The van der Waals surface area contributed by atoms with Crippen molar-refractivity contribution in [2.75, 3.05) is 40.3 Å². The lowest BCUT2D eigenvalue weighted by Gasteiger charge is -2.32. The number of methoxy groups -OCH3 is 1. The second-order valence-electron chi connectivity index (χ2n) is 4.27. The minimum absolute atomic E-state index is 0.888. The van der Waals surface area contributed by atoms with Gasteiger partial charge in [0.1, 0.15) is 5.75 Å². The van der Waals surface area contributed by atoms with Crippen LogP contribution in [0.4, 0.5) is 0 Å². The number of ether oxygens (including phenoxy) is 1. The topological polar surface area (TPSA) is 28.6 Å². The number of nitrogens with zero attached hydrogens (tertiary/aromatic N) is 3. The Kier molecular flexibility index (Phi) is 3.74. The average Bonchev–Trinajstić information content (AvgIpc) is 2.32. The Balaban J connectivity index is 1.93. The van der Waals surface area contributed by atoms with Crippen molar-refractivity contribution >= 4 is 0 Å². The summed E-state index contributed by atoms with van der Waals surface area (Å²) in [6.45, 7) is 5.45. The molecular weight excluding hydrogens is 202 g/mol. The molecule has 0 N–H and O–H groups in total. The lowest BCUT2D eigenvalue weighted by Crippen LogP contribution is -2.43. The smallest absolute Gasteiger partial charge is 0.122 e. The first kappa shape index (κ1) is 11.4. The molecule has 88 valence electrons. The van der Waals surface area contributed by atoms with Crippen molar-refractivity contribution in [2.24, 2.45) is 0 Å². The number of likely N-dealkylation sites (N-methyl/N-ethyl adjacent to an activating group) is 1. The van der Waals surface area contributed by atoms with Crippen LogP contribution in [-0.2, 0) is 6.54 Å². The first-order valence-corrected chi connectivity index (χ1v) is 5.68. The summed E-state index contributed by atoms with van der Waals surface area (Å²) in [4.78, 5) is 9.15. The van der Waals surface area contributed by atoms with Gasteiger partial charge in [-0.15, -0.1) is 0 Å². The summed E-state index contributed by atoms with van der Waals surface area (Å²) in [7, 11) is 3.86. The van der Waals surface area contributed by atoms with Crippen molar-refractivity contribution in [3.05, 3.63) is 24.0 Å². The zero-order valence-corrected chi connectivity index (χ0v) is 10.0. The molecule has 0 aliphatic carbocycles. The normalized spacial score (nSPS) is 18.6. The van der Waals surface area contributed by atoms with E-state index in [1.807, 2.05) is 18.3 Å². The number of hydrogen-bond donors (Lipinski definition) is 0. The second kappa shape index (κ2) is 5.27. The molecule has 1 aliphatic heterocycles. The Labute approximate surface area is 96.8 Å². The fraction of sp³-hybridized carbons (Fsp3) is 0.583. The highest BCUT2D eigenvalue weighted by atomic mass is 16.5. The third kappa shape index (κ3) is 2.93. The summed E-state index contributed by atoms with van der Waals surface area (Å²) in [5.41, 5.74) is 1.09. The molecule has 0 radical (unpaired) electrons. The number of piperazine rings is 1. The molecule has 0 spiro atoms. The van der Waals surface area contributed by atoms with E-state index in [0.29, 0.717) is 0 Å². The highest BCUT2D eigenvalue weighted by Crippen LogP contribution is 2.12. The van der Waals surface area contributed by atoms with Crippen molar-refractivity contribution in [3.8, 4) is 5.75 Å². The molecule has 0 bridgehead atoms. The van der Waals surface area contributed by atoms with Crippen molar-refractivity contribution in [2.45, 2.75) is 6.54 Å². The highest BCUT2D eigenvalue weighted by molar-refractivity contribution is 5.22. The van der Waals surface area contributed by atoms with E-state index in [1.165, 1.54) is 0 Å². The van der Waals surface area contributed by atoms with E-state index in [0.717, 1.165) is 44.2 Å². The molecule has 0 unspecified atom stereocenters. The summed E-state index contributed by atoms with van der Waals surface area (Å²) in [5, 5.41) is 0. The van der Waals surface area contributed by atoms with Crippen LogP contribution in [-0.4, -0.2) is 55.1 Å². The molecule has 1 aliphatic rings. The maximum atomic E-state index is 5.19. The summed E-state index contributed by atoms with van der Waals surface area (Å²) in [6, 6.07) is 3.89. The SMILES string of the molecule is COc1ccnc(CN2CCN(C)CC2)c1. The number of hydrogen-bond acceptors (Lipinski definition) is 4. The molecule has 2 heterocycles. The summed E-state index contributed by atoms with van der Waals surface area (Å²) < 4.78 is 5.19. The van der Waals surface area contributed by atoms with Crippen LogP contribution in [0.1, 0.15) is 5.69 Å². The fourth-order valence-corrected chi connectivity index (χ4v) is 1.90. The van der Waals surface area contributed by atoms with Gasteiger partial charge < -0.3 is 9.64 Å². The molecule has 4 nitrogen and oxygen atoms in total. The van der Waals surface area contributed by atoms with Gasteiger partial charge >= 0.3 is 0 Å². The van der Waals surface area contributed by atoms with E-state index < -0.39 is 0 Å². The van der Waals surface area contributed by atoms with Crippen LogP contribution in [0.15, 0.2) is 18.3 Å². The van der Waals surface area contributed by atoms with Crippen LogP contribution in [0, 0.1) is 0 Å². The first-order chi connectivity index (χ1) is 7.78. The molecule has 2 rings (SSSR count). The molecule has 0 atom stereocenters. The van der Waals surface area contributed by atoms with Gasteiger partial charge in [-0.05, 0) is 13.1 Å². The number of pyridine rings is 1. The molecular formula is C12H19N3O. The van der Waals surface area contributed by atoms with E-state index in [1.54, 1.807) is 7.11 Å². The van der Waals surface area contributed by atoms with Crippen LogP contribution < -0.4 is 4.74 Å². The van der Waals surface area contributed by atoms with Gasteiger partial charge in [-0.1, -0.05) is 0 Å². The van der Waals surface area contributed by atoms with E-state index in [-0.39, 0.29) is 0 Å². The van der Waals surface area contributed by atoms with Gasteiger partial charge in [0.2, 0.25) is 0 Å². The van der Waals surface area contributed by atoms with E-state index in [4.69, 9.17) is 4.74 Å². The van der Waals surface area contributed by atoms with Crippen molar-refractivity contribution < 1.29 is 4.74 Å². The zero-order valence-electron chi connectivity index (χ0n) is 10.0. The lowest BCUT2D eigenvalue weighted by atomic mass is 10.2. The molecule has 1 aromatic rings. The fourth-order valence-electron chi connectivity index (χ4n) is 1.90. The van der Waals surface area contributed by atoms with Crippen molar-refractivity contribution in [1.29, 1.82) is 0 Å². The molecule has 1 aromatic heterocycles. The van der Waals surface area contributed by atoms with Crippen molar-refractivity contribution in [1.82, 2.24) is 14.8 Å². The zero-order chi connectivity index (χ0) is 11.4. The third-order valence-electron chi connectivity index (χ3n) is 3.01. The maximum absolute atomic E-state index is 5.19. The number of aromatic nitrogens is 1. The molecule has 0 amide bonds. The predicted molar refractivity (Wildman–Crippen MR) is 63.6 cm³/mol. The van der Waals surface area contributed by atoms with E-state index in [2.05, 4.69) is 21.8 Å². The molecule has 0 saturated carbocycles. The molecule has 16 heavy (non-hydrogen) atoms. The largest absolute Gasteiger partial charge is 0.497 e. The van der Waals surface area contributed by atoms with E-state index >= 15 is 0 Å². The average molecular weight is 221 g/mol. The van der Waals surface area contributed by atoms with Crippen LogP contribution >= 0.6 is 0 Å². The van der Waals surface area contributed by atoms with Crippen LogP contribution in [0.3, 0.4) is 0 Å². The van der Waals surface area contributed by atoms with Gasteiger partial charge in [0, 0.05) is 45.0 Å². The first-order valence-electron chi connectivity index (χ1n) is 5.68. The standard InChI is InChI=1S/C12H19N3O/c1-14-5-7-15(8-6-14)10-11-9-12(16-2)3-4-13-11/h3-4,9H,5-8,10H2,1-2H3. The van der Waals surface area contributed by atoms with Crippen molar-refractivity contribution in [3.63, 3.8) is 0 Å². The Hall–Kier alpha value is -1.13. The number of rotatable bonds is 3. The Bertz CT molecular complexity index is 335. The van der Waals surface area contributed by atoms with Gasteiger partial charge in [0.25, 0.3) is 0 Å². The molecule has 1 fully saturated rings. The maximum Gasteiger partial charge on any atom is 0.122 e. The monoisotopic (exact) mass is 221 g/mol. The molecule has 0 aromatic carbocycles. The van der Waals surface area contributed by atoms with Crippen LogP contribution in [0.25, 0.3) is 0 Å². The quantitative estimate of drug-likeness (QED) is 0.756. The minimum Gasteiger partial charge on any atom is -0.497 e. The Morgan fingerprint density at radius 1 is 1.31 bits per heavy atom. The van der Waals surface area contributed by atoms with Gasteiger partial charge in [-0.3, -0.25) is 9.88 Å². The lowest BCUT2D eigenvalue weighted by molar-refractivity contribution is 0.147. The Morgan fingerprint density at radius 2 is 2.06 bits per heavy atom. The summed E-state index contributed by atoms with van der Waals surface area (Å²) in [6.07, 6.45) is 1.81. The summed E-state index contributed by atoms with van der Waals surface area (Å²) >= 11 is 0. The van der Waals surface area contributed by atoms with Gasteiger partial charge in [-0.2, -0.15) is 0 Å². The Morgan fingerprint density at radius 3 is 2.75 bits per heavy atom. The van der Waals surface area contributed by atoms with Crippen LogP contribution in [0.2, 0.25) is 0 Å². The molecule has 4 heteroatoms. The van der Waals surface area contributed by atoms with E-state index in [9.17, 15) is 0 Å². The minimum atomic E-state index is 0.888. The third-order valence-corrected chi connectivity index (χ3v) is 3.01. The van der Waals surface area contributed by atoms with Gasteiger partial charge in [-0.25, -0.2) is 0 Å².